The van der Waals surface area contributed by atoms with Crippen molar-refractivity contribution >= 4 is 11.8 Å². The summed E-state index contributed by atoms with van der Waals surface area (Å²) in [6.07, 6.45) is 9.12. The van der Waals surface area contributed by atoms with Crippen LogP contribution in [0.4, 0.5) is 0 Å². The molecule has 2 heterocycles. The van der Waals surface area contributed by atoms with Crippen molar-refractivity contribution in [1.29, 1.82) is 5.26 Å². The van der Waals surface area contributed by atoms with E-state index in [1.54, 1.807) is 12.4 Å². The molecule has 3 aliphatic rings. The summed E-state index contributed by atoms with van der Waals surface area (Å²) in [6, 6.07) is 2.01. The number of carbonyl (C=O) groups is 1. The first-order chi connectivity index (χ1) is 12.3. The molecule has 0 aromatic carbocycles. The summed E-state index contributed by atoms with van der Waals surface area (Å²) in [5, 5.41) is 15.8. The maximum Gasteiger partial charge on any atom is 0.351 e. The summed E-state index contributed by atoms with van der Waals surface area (Å²) < 4.78 is 5.45. The molecule has 0 atom stereocenters. The molecule has 0 bridgehead atoms. The number of amidine groups is 1. The lowest BCUT2D eigenvalue weighted by Crippen LogP contribution is -2.48. The minimum absolute atomic E-state index is 0.00237. The highest BCUT2D eigenvalue weighted by Gasteiger charge is 2.27. The van der Waals surface area contributed by atoms with E-state index in [0.29, 0.717) is 24.1 Å². The number of ether oxygens (including phenoxy) is 1. The predicted octanol–water partition coefficient (Wildman–Crippen LogP) is 1.27. The van der Waals surface area contributed by atoms with Gasteiger partial charge in [0.2, 0.25) is 0 Å². The van der Waals surface area contributed by atoms with E-state index in [1.165, 1.54) is 19.3 Å². The van der Waals surface area contributed by atoms with Gasteiger partial charge in [0.05, 0.1) is 6.61 Å². The van der Waals surface area contributed by atoms with Crippen LogP contribution < -0.4 is 10.6 Å². The minimum atomic E-state index is -0.561. The van der Waals surface area contributed by atoms with Gasteiger partial charge in [0.25, 0.3) is 0 Å². The van der Waals surface area contributed by atoms with Gasteiger partial charge in [-0.3, -0.25) is 0 Å². The Morgan fingerprint density at radius 1 is 1.32 bits per heavy atom. The fourth-order valence-electron chi connectivity index (χ4n) is 3.48. The molecule has 0 radical (unpaired) electrons. The smallest absolute Gasteiger partial charge is 0.351 e. The van der Waals surface area contributed by atoms with E-state index >= 15 is 0 Å². The van der Waals surface area contributed by atoms with Gasteiger partial charge in [-0.05, 0) is 18.8 Å². The van der Waals surface area contributed by atoms with Crippen LogP contribution in [0.5, 0.6) is 0 Å². The fourth-order valence-corrected chi connectivity index (χ4v) is 3.48. The summed E-state index contributed by atoms with van der Waals surface area (Å²) in [5.41, 5.74) is 0.443. The Kier molecular flexibility index (Phi) is 6.07. The molecule has 3 rings (SSSR count). The predicted molar refractivity (Wildman–Crippen MR) is 94.3 cm³/mol. The van der Waals surface area contributed by atoms with Gasteiger partial charge in [-0.25, -0.2) is 9.79 Å². The average molecular weight is 343 g/mol. The van der Waals surface area contributed by atoms with Crippen molar-refractivity contribution in [2.24, 2.45) is 10.9 Å². The van der Waals surface area contributed by atoms with Gasteiger partial charge in [-0.1, -0.05) is 19.3 Å². The number of esters is 1. The molecule has 0 amide bonds. The van der Waals surface area contributed by atoms with E-state index in [4.69, 9.17) is 4.74 Å². The molecule has 1 aliphatic carbocycles. The third-order valence-electron chi connectivity index (χ3n) is 4.88. The molecule has 25 heavy (non-hydrogen) atoms. The van der Waals surface area contributed by atoms with E-state index in [2.05, 4.69) is 20.5 Å². The number of hydrogen-bond acceptors (Lipinski definition) is 7. The van der Waals surface area contributed by atoms with Crippen LogP contribution in [0.2, 0.25) is 0 Å². The topological polar surface area (TPSA) is 89.8 Å². The Bertz CT molecular complexity index is 620. The number of aliphatic imine (C=N–C) groups is 1. The van der Waals surface area contributed by atoms with E-state index in [-0.39, 0.29) is 5.57 Å². The van der Waals surface area contributed by atoms with Crippen molar-refractivity contribution in [3.63, 3.8) is 0 Å². The summed E-state index contributed by atoms with van der Waals surface area (Å²) >= 11 is 0. The maximum atomic E-state index is 12.5. The van der Waals surface area contributed by atoms with Crippen LogP contribution in [0.25, 0.3) is 0 Å². The fraction of sp³-hybridized carbons (Fsp3) is 0.611. The van der Waals surface area contributed by atoms with Crippen molar-refractivity contribution in [1.82, 2.24) is 15.5 Å². The Labute approximate surface area is 148 Å². The average Bonchev–Trinajstić information content (AvgIpc) is 2.69. The molecule has 1 saturated carbocycles. The molecule has 2 N–H and O–H groups in total. The second kappa shape index (κ2) is 8.67. The number of rotatable bonds is 3. The summed E-state index contributed by atoms with van der Waals surface area (Å²) in [4.78, 5) is 19.0. The molecule has 7 heteroatoms. The van der Waals surface area contributed by atoms with Crippen molar-refractivity contribution in [3.8, 4) is 6.07 Å². The molecule has 0 unspecified atom stereocenters. The number of nitriles is 1. The largest absolute Gasteiger partial charge is 0.461 e. The number of nitrogens with one attached hydrogen (secondary N) is 2. The zero-order chi connectivity index (χ0) is 17.5. The lowest BCUT2D eigenvalue weighted by molar-refractivity contribution is -0.140. The van der Waals surface area contributed by atoms with Crippen LogP contribution in [0.15, 0.2) is 28.7 Å². The SMILES string of the molecule is N#C/C(C(=O)OCC1CCCCC1)=C1\NC=CN=C1N1CCNCC1. The van der Waals surface area contributed by atoms with Crippen LogP contribution in [0.1, 0.15) is 32.1 Å². The molecule has 134 valence electrons. The highest BCUT2D eigenvalue weighted by atomic mass is 16.5. The second-order valence-electron chi connectivity index (χ2n) is 6.61. The summed E-state index contributed by atoms with van der Waals surface area (Å²) in [7, 11) is 0. The molecule has 1 saturated heterocycles. The van der Waals surface area contributed by atoms with Crippen LogP contribution in [0.3, 0.4) is 0 Å². The third kappa shape index (κ3) is 4.40. The second-order valence-corrected chi connectivity index (χ2v) is 6.61. The Balaban J connectivity index is 1.71. The molecular formula is C18H25N5O2. The standard InChI is InChI=1S/C18H25N5O2/c19-12-15(18(24)25-13-14-4-2-1-3-5-14)16-17(22-7-6-21-16)23-10-8-20-9-11-23/h6-7,14,20-21H,1-5,8-11,13H2/b16-15+. The van der Waals surface area contributed by atoms with Crippen molar-refractivity contribution in [2.45, 2.75) is 32.1 Å². The van der Waals surface area contributed by atoms with Gasteiger partial charge in [-0.2, -0.15) is 5.26 Å². The lowest BCUT2D eigenvalue weighted by Gasteiger charge is -2.32. The van der Waals surface area contributed by atoms with Crippen molar-refractivity contribution < 1.29 is 9.53 Å². The summed E-state index contributed by atoms with van der Waals surface area (Å²) in [5.74, 6) is 0.493. The number of nitrogens with zero attached hydrogens (tertiary/aromatic N) is 3. The molecule has 0 aromatic rings. The zero-order valence-corrected chi connectivity index (χ0v) is 14.5. The number of carbonyl (C=O) groups excluding carboxylic acids is 1. The van der Waals surface area contributed by atoms with E-state index < -0.39 is 5.97 Å². The molecule has 2 aliphatic heterocycles. The molecule has 2 fully saturated rings. The minimum Gasteiger partial charge on any atom is -0.461 e. The van der Waals surface area contributed by atoms with Gasteiger partial charge in [-0.15, -0.1) is 0 Å². The first-order valence-corrected chi connectivity index (χ1v) is 9.06. The Morgan fingerprint density at radius 3 is 2.80 bits per heavy atom. The summed E-state index contributed by atoms with van der Waals surface area (Å²) in [6.45, 7) is 3.67. The zero-order valence-electron chi connectivity index (χ0n) is 14.5. The van der Waals surface area contributed by atoms with Gasteiger partial charge >= 0.3 is 5.97 Å². The third-order valence-corrected chi connectivity index (χ3v) is 4.88. The molecule has 7 nitrogen and oxygen atoms in total. The van der Waals surface area contributed by atoms with Crippen LogP contribution in [0, 0.1) is 17.2 Å². The van der Waals surface area contributed by atoms with Gasteiger partial charge in [0, 0.05) is 38.6 Å². The van der Waals surface area contributed by atoms with Crippen LogP contribution in [-0.4, -0.2) is 49.5 Å². The lowest BCUT2D eigenvalue weighted by atomic mass is 9.90. The Morgan fingerprint density at radius 2 is 2.08 bits per heavy atom. The van der Waals surface area contributed by atoms with Gasteiger partial charge in [0.1, 0.15) is 11.8 Å². The number of piperazine rings is 1. The first kappa shape index (κ1) is 17.5. The molecule has 0 aromatic heterocycles. The monoisotopic (exact) mass is 343 g/mol. The highest BCUT2D eigenvalue weighted by Crippen LogP contribution is 2.24. The van der Waals surface area contributed by atoms with E-state index in [0.717, 1.165) is 39.0 Å². The van der Waals surface area contributed by atoms with E-state index in [1.807, 2.05) is 6.07 Å². The van der Waals surface area contributed by atoms with Gasteiger partial charge < -0.3 is 20.3 Å². The highest BCUT2D eigenvalue weighted by molar-refractivity contribution is 6.08. The maximum absolute atomic E-state index is 12.5. The van der Waals surface area contributed by atoms with Crippen molar-refractivity contribution in [2.75, 3.05) is 32.8 Å². The van der Waals surface area contributed by atoms with Gasteiger partial charge in [0.15, 0.2) is 11.4 Å². The Hall–Kier alpha value is -2.33. The van der Waals surface area contributed by atoms with Crippen LogP contribution in [-0.2, 0) is 9.53 Å². The first-order valence-electron chi connectivity index (χ1n) is 9.06. The van der Waals surface area contributed by atoms with Crippen molar-refractivity contribution in [3.05, 3.63) is 23.7 Å². The van der Waals surface area contributed by atoms with E-state index in [9.17, 15) is 10.1 Å². The normalized spacial score (nSPS) is 23.3. The molecule has 0 spiro atoms. The quantitative estimate of drug-likeness (QED) is 0.456. The van der Waals surface area contributed by atoms with Crippen LogP contribution >= 0.6 is 0 Å². The number of hydrogen-bond donors (Lipinski definition) is 2. The molecular weight excluding hydrogens is 318 g/mol.